The van der Waals surface area contributed by atoms with Crippen molar-refractivity contribution in [2.45, 2.75) is 19.9 Å². The van der Waals surface area contributed by atoms with Crippen molar-refractivity contribution >= 4 is 33.8 Å². The lowest BCUT2D eigenvalue weighted by molar-refractivity contribution is 0.321. The summed E-state index contributed by atoms with van der Waals surface area (Å²) in [5.74, 6) is 0.449. The van der Waals surface area contributed by atoms with Crippen molar-refractivity contribution in [3.63, 3.8) is 0 Å². The highest BCUT2D eigenvalue weighted by Gasteiger charge is 2.06. The van der Waals surface area contributed by atoms with Gasteiger partial charge in [0.25, 0.3) is 0 Å². The zero-order chi connectivity index (χ0) is 16.9. The number of likely N-dealkylation sites (N-methyl/N-ethyl adjacent to an activating group) is 1. The van der Waals surface area contributed by atoms with Crippen molar-refractivity contribution in [3.05, 3.63) is 52.9 Å². The van der Waals surface area contributed by atoms with Crippen LogP contribution in [0.4, 0.5) is 5.69 Å². The summed E-state index contributed by atoms with van der Waals surface area (Å²) < 4.78 is 2.29. The van der Waals surface area contributed by atoms with Crippen LogP contribution in [0, 0.1) is 5.41 Å². The van der Waals surface area contributed by atoms with Crippen molar-refractivity contribution in [1.29, 1.82) is 5.41 Å². The first-order chi connectivity index (χ1) is 11.7. The number of rotatable bonds is 7. The minimum absolute atomic E-state index is 0.449. The summed E-state index contributed by atoms with van der Waals surface area (Å²) in [5, 5.41) is 14.6. The van der Waals surface area contributed by atoms with E-state index in [4.69, 9.17) is 5.41 Å². The fourth-order valence-electron chi connectivity index (χ4n) is 2.86. The predicted octanol–water partition coefficient (Wildman–Crippen LogP) is 4.48. The van der Waals surface area contributed by atoms with Crippen LogP contribution in [0.15, 0.2) is 48.0 Å². The van der Waals surface area contributed by atoms with Gasteiger partial charge in [0.05, 0.1) is 10.4 Å². The second kappa shape index (κ2) is 7.64. The molecule has 24 heavy (non-hydrogen) atoms. The number of nitrogens with one attached hydrogen (secondary N) is 2. The lowest BCUT2D eigenvalue weighted by Gasteiger charge is -2.16. The van der Waals surface area contributed by atoms with Crippen LogP contribution in [-0.4, -0.2) is 35.4 Å². The topological polar surface area (TPSA) is 44.0 Å². The summed E-state index contributed by atoms with van der Waals surface area (Å²) in [5.41, 5.74) is 2.17. The lowest BCUT2D eigenvalue weighted by atomic mass is 10.2. The van der Waals surface area contributed by atoms with E-state index in [0.29, 0.717) is 5.84 Å². The molecule has 0 atom stereocenters. The van der Waals surface area contributed by atoms with Crippen LogP contribution in [0.2, 0.25) is 0 Å². The second-order valence-electron chi connectivity index (χ2n) is 6.06. The fourth-order valence-corrected chi connectivity index (χ4v) is 3.49. The van der Waals surface area contributed by atoms with Crippen LogP contribution in [0.5, 0.6) is 0 Å². The molecule has 0 unspecified atom stereocenters. The third-order valence-corrected chi connectivity index (χ3v) is 5.03. The SMILES string of the molecule is CCCN(C)CCn1ccc2ccc(NC(=N)c3cccs3)cc21. The highest BCUT2D eigenvalue weighted by Crippen LogP contribution is 2.21. The van der Waals surface area contributed by atoms with Gasteiger partial charge in [0, 0.05) is 25.0 Å². The number of amidine groups is 1. The molecule has 0 aliphatic heterocycles. The highest BCUT2D eigenvalue weighted by atomic mass is 32.1. The smallest absolute Gasteiger partial charge is 0.140 e. The van der Waals surface area contributed by atoms with Gasteiger partial charge >= 0.3 is 0 Å². The van der Waals surface area contributed by atoms with Crippen LogP contribution in [-0.2, 0) is 6.54 Å². The molecule has 0 saturated heterocycles. The monoisotopic (exact) mass is 340 g/mol. The summed E-state index contributed by atoms with van der Waals surface area (Å²) in [6, 6.07) is 12.4. The molecular formula is C19H24N4S. The number of nitrogens with zero attached hydrogens (tertiary/aromatic N) is 2. The Kier molecular flexibility index (Phi) is 5.33. The number of fused-ring (bicyclic) bond motifs is 1. The average Bonchev–Trinajstić information content (AvgIpc) is 3.23. The van der Waals surface area contributed by atoms with Crippen molar-refractivity contribution in [2.24, 2.45) is 0 Å². The van der Waals surface area contributed by atoms with Crippen LogP contribution in [0.3, 0.4) is 0 Å². The van der Waals surface area contributed by atoms with Crippen LogP contribution in [0.1, 0.15) is 18.2 Å². The Morgan fingerprint density at radius 3 is 2.88 bits per heavy atom. The molecule has 0 bridgehead atoms. The maximum atomic E-state index is 8.18. The third kappa shape index (κ3) is 3.86. The van der Waals surface area contributed by atoms with E-state index in [2.05, 4.69) is 53.2 Å². The van der Waals surface area contributed by atoms with E-state index < -0.39 is 0 Å². The van der Waals surface area contributed by atoms with Gasteiger partial charge in [-0.15, -0.1) is 11.3 Å². The molecule has 0 saturated carbocycles. The van der Waals surface area contributed by atoms with Crippen molar-refractivity contribution in [2.75, 3.05) is 25.5 Å². The lowest BCUT2D eigenvalue weighted by Crippen LogP contribution is -2.23. The van der Waals surface area contributed by atoms with Crippen LogP contribution in [0.25, 0.3) is 10.9 Å². The number of hydrogen-bond donors (Lipinski definition) is 2. The quantitative estimate of drug-likeness (QED) is 0.492. The Balaban J connectivity index is 1.74. The summed E-state index contributed by atoms with van der Waals surface area (Å²) in [4.78, 5) is 3.31. The number of anilines is 1. The number of thiophene rings is 1. The Morgan fingerprint density at radius 2 is 2.12 bits per heavy atom. The molecule has 2 N–H and O–H groups in total. The number of benzene rings is 1. The largest absolute Gasteiger partial charge is 0.346 e. The molecule has 4 nitrogen and oxygen atoms in total. The van der Waals surface area contributed by atoms with Gasteiger partial charge in [0.15, 0.2) is 0 Å². The highest BCUT2D eigenvalue weighted by molar-refractivity contribution is 7.12. The van der Waals surface area contributed by atoms with E-state index in [0.717, 1.165) is 30.2 Å². The number of hydrogen-bond acceptors (Lipinski definition) is 3. The van der Waals surface area contributed by atoms with Gasteiger partial charge in [-0.2, -0.15) is 0 Å². The molecule has 0 aliphatic carbocycles. The molecule has 2 heterocycles. The van der Waals surface area contributed by atoms with E-state index in [9.17, 15) is 0 Å². The molecule has 3 aromatic rings. The molecule has 5 heteroatoms. The summed E-state index contributed by atoms with van der Waals surface area (Å²) in [6.45, 7) is 5.36. The van der Waals surface area contributed by atoms with Gasteiger partial charge in [0.1, 0.15) is 5.84 Å². The van der Waals surface area contributed by atoms with Crippen LogP contribution >= 0.6 is 11.3 Å². The third-order valence-electron chi connectivity index (χ3n) is 4.14. The minimum atomic E-state index is 0.449. The van der Waals surface area contributed by atoms with E-state index in [1.807, 2.05) is 23.6 Å². The van der Waals surface area contributed by atoms with Gasteiger partial charge < -0.3 is 14.8 Å². The summed E-state index contributed by atoms with van der Waals surface area (Å²) >= 11 is 1.58. The predicted molar refractivity (Wildman–Crippen MR) is 104 cm³/mol. The number of aromatic nitrogens is 1. The minimum Gasteiger partial charge on any atom is -0.346 e. The normalized spacial score (nSPS) is 11.3. The maximum absolute atomic E-state index is 8.18. The molecule has 126 valence electrons. The van der Waals surface area contributed by atoms with E-state index in [-0.39, 0.29) is 0 Å². The van der Waals surface area contributed by atoms with Gasteiger partial charge in [-0.05, 0) is 55.0 Å². The van der Waals surface area contributed by atoms with Gasteiger partial charge in [-0.1, -0.05) is 19.1 Å². The second-order valence-corrected chi connectivity index (χ2v) is 7.01. The molecule has 0 spiro atoms. The molecule has 0 fully saturated rings. The first-order valence-corrected chi connectivity index (χ1v) is 9.22. The van der Waals surface area contributed by atoms with Crippen LogP contribution < -0.4 is 5.32 Å². The van der Waals surface area contributed by atoms with Gasteiger partial charge in [-0.3, -0.25) is 5.41 Å². The van der Waals surface area contributed by atoms with E-state index >= 15 is 0 Å². The van der Waals surface area contributed by atoms with Crippen molar-refractivity contribution in [3.8, 4) is 0 Å². The molecule has 0 amide bonds. The first kappa shape index (κ1) is 16.7. The Labute approximate surface area is 147 Å². The first-order valence-electron chi connectivity index (χ1n) is 8.34. The Bertz CT molecular complexity index is 804. The van der Waals surface area contributed by atoms with Crippen molar-refractivity contribution < 1.29 is 0 Å². The zero-order valence-corrected chi connectivity index (χ0v) is 15.1. The maximum Gasteiger partial charge on any atom is 0.140 e. The van der Waals surface area contributed by atoms with Crippen molar-refractivity contribution in [1.82, 2.24) is 9.47 Å². The zero-order valence-electron chi connectivity index (χ0n) is 14.2. The Morgan fingerprint density at radius 1 is 1.25 bits per heavy atom. The average molecular weight is 340 g/mol. The fraction of sp³-hybridized carbons (Fsp3) is 0.316. The summed E-state index contributed by atoms with van der Waals surface area (Å²) in [6.07, 6.45) is 3.33. The molecule has 2 aromatic heterocycles. The molecule has 0 radical (unpaired) electrons. The Hall–Kier alpha value is -2.11. The summed E-state index contributed by atoms with van der Waals surface area (Å²) in [7, 11) is 2.17. The molecule has 1 aromatic carbocycles. The van der Waals surface area contributed by atoms with E-state index in [1.165, 1.54) is 17.3 Å². The standard InChI is InChI=1S/C19H24N4S/c1-3-9-22(2)11-12-23-10-8-15-6-7-16(14-17(15)23)21-19(20)18-5-4-13-24-18/h4-8,10,13-14H,3,9,11-12H2,1-2H3,(H2,20,21). The molecule has 3 rings (SSSR count). The molecule has 0 aliphatic rings. The van der Waals surface area contributed by atoms with E-state index in [1.54, 1.807) is 11.3 Å². The van der Waals surface area contributed by atoms with Gasteiger partial charge in [0.2, 0.25) is 0 Å². The molecular weight excluding hydrogens is 316 g/mol. The van der Waals surface area contributed by atoms with Gasteiger partial charge in [-0.25, -0.2) is 0 Å².